The Hall–Kier alpha value is -2.70. The first-order valence-electron chi connectivity index (χ1n) is 11.6. The number of morpholine rings is 1. The molecule has 2 fully saturated rings. The van der Waals surface area contributed by atoms with E-state index in [4.69, 9.17) is 4.74 Å². The highest BCUT2D eigenvalue weighted by atomic mass is 16.5. The minimum atomic E-state index is -0.380. The number of nitrogens with zero attached hydrogens (tertiary/aromatic N) is 2. The zero-order valence-corrected chi connectivity index (χ0v) is 18.8. The van der Waals surface area contributed by atoms with Gasteiger partial charge in [-0.3, -0.25) is 14.5 Å². The number of likely N-dealkylation sites (tertiary alicyclic amines) is 1. The largest absolute Gasteiger partial charge is 0.379 e. The second-order valence-corrected chi connectivity index (χ2v) is 8.73. The van der Waals surface area contributed by atoms with E-state index in [2.05, 4.69) is 41.4 Å². The van der Waals surface area contributed by atoms with E-state index in [9.17, 15) is 9.59 Å². The zero-order valence-electron chi connectivity index (χ0n) is 18.8. The smallest absolute Gasteiger partial charge is 0.242 e. The molecule has 2 aromatic carbocycles. The minimum Gasteiger partial charge on any atom is -0.379 e. The molecule has 2 aromatic rings. The van der Waals surface area contributed by atoms with Gasteiger partial charge in [0.05, 0.1) is 25.7 Å². The number of aryl methyl sites for hydroxylation is 1. The molecule has 0 aliphatic carbocycles. The Morgan fingerprint density at radius 3 is 2.59 bits per heavy atom. The number of ether oxygens (including phenoxy) is 1. The number of benzene rings is 2. The quantitative estimate of drug-likeness (QED) is 0.727. The first-order chi connectivity index (χ1) is 15.6. The first-order valence-corrected chi connectivity index (χ1v) is 11.6. The van der Waals surface area contributed by atoms with E-state index in [1.54, 1.807) is 4.90 Å². The van der Waals surface area contributed by atoms with Crippen molar-refractivity contribution in [1.29, 1.82) is 0 Å². The van der Waals surface area contributed by atoms with Crippen LogP contribution in [0.25, 0.3) is 0 Å². The number of amides is 2. The van der Waals surface area contributed by atoms with Crippen molar-refractivity contribution in [2.75, 3.05) is 39.4 Å². The highest BCUT2D eigenvalue weighted by Crippen LogP contribution is 2.23. The lowest BCUT2D eigenvalue weighted by atomic mass is 10.0. The number of hydrogen-bond donors (Lipinski definition) is 1. The summed E-state index contributed by atoms with van der Waals surface area (Å²) in [5.41, 5.74) is 3.39. The SMILES string of the molecule is Cc1cccc(C(CNC(=O)C2CCCN2C(=O)Cc2ccccc2)N2CCOCC2)c1. The maximum atomic E-state index is 13.1. The Bertz CT molecular complexity index is 912. The van der Waals surface area contributed by atoms with Crippen molar-refractivity contribution in [3.63, 3.8) is 0 Å². The molecule has 2 amide bonds. The highest BCUT2D eigenvalue weighted by molar-refractivity contribution is 5.89. The van der Waals surface area contributed by atoms with Crippen molar-refractivity contribution < 1.29 is 14.3 Å². The molecule has 0 aromatic heterocycles. The Morgan fingerprint density at radius 1 is 1.06 bits per heavy atom. The molecule has 2 unspecified atom stereocenters. The van der Waals surface area contributed by atoms with Gasteiger partial charge in [0, 0.05) is 26.2 Å². The van der Waals surface area contributed by atoms with Crippen molar-refractivity contribution in [2.45, 2.75) is 38.3 Å². The molecule has 6 nitrogen and oxygen atoms in total. The lowest BCUT2D eigenvalue weighted by Gasteiger charge is -2.35. The van der Waals surface area contributed by atoms with E-state index in [1.165, 1.54) is 11.1 Å². The monoisotopic (exact) mass is 435 g/mol. The summed E-state index contributed by atoms with van der Waals surface area (Å²) >= 11 is 0. The maximum Gasteiger partial charge on any atom is 0.242 e. The fourth-order valence-corrected chi connectivity index (χ4v) is 4.75. The van der Waals surface area contributed by atoms with Gasteiger partial charge in [0.1, 0.15) is 6.04 Å². The van der Waals surface area contributed by atoms with E-state index < -0.39 is 0 Å². The van der Waals surface area contributed by atoms with E-state index >= 15 is 0 Å². The van der Waals surface area contributed by atoms with Gasteiger partial charge in [-0.05, 0) is 30.9 Å². The van der Waals surface area contributed by atoms with Gasteiger partial charge in [0.2, 0.25) is 11.8 Å². The predicted molar refractivity (Wildman–Crippen MR) is 124 cm³/mol. The Morgan fingerprint density at radius 2 is 1.84 bits per heavy atom. The number of carbonyl (C=O) groups excluding carboxylic acids is 2. The van der Waals surface area contributed by atoms with Crippen molar-refractivity contribution in [3.05, 3.63) is 71.3 Å². The number of carbonyl (C=O) groups is 2. The summed E-state index contributed by atoms with van der Waals surface area (Å²) in [5.74, 6) is -0.0212. The van der Waals surface area contributed by atoms with Crippen LogP contribution in [0.4, 0.5) is 0 Å². The van der Waals surface area contributed by atoms with Crippen LogP contribution in [0.15, 0.2) is 54.6 Å². The molecule has 6 heteroatoms. The third-order valence-electron chi connectivity index (χ3n) is 6.46. The summed E-state index contributed by atoms with van der Waals surface area (Å²) in [4.78, 5) is 30.2. The van der Waals surface area contributed by atoms with E-state index in [0.29, 0.717) is 32.7 Å². The van der Waals surface area contributed by atoms with Gasteiger partial charge in [-0.15, -0.1) is 0 Å². The van der Waals surface area contributed by atoms with Gasteiger partial charge < -0.3 is 15.0 Å². The van der Waals surface area contributed by atoms with Crippen LogP contribution < -0.4 is 5.32 Å². The fraction of sp³-hybridized carbons (Fsp3) is 0.462. The van der Waals surface area contributed by atoms with Gasteiger partial charge in [0.25, 0.3) is 0 Å². The second kappa shape index (κ2) is 10.7. The van der Waals surface area contributed by atoms with Crippen LogP contribution in [0.5, 0.6) is 0 Å². The molecule has 0 spiro atoms. The molecule has 32 heavy (non-hydrogen) atoms. The normalized spacial score (nSPS) is 20.2. The average molecular weight is 436 g/mol. The first kappa shape index (κ1) is 22.5. The Balaban J connectivity index is 1.41. The molecular formula is C26H33N3O3. The summed E-state index contributed by atoms with van der Waals surface area (Å²) in [5, 5.41) is 3.17. The highest BCUT2D eigenvalue weighted by Gasteiger charge is 2.34. The third kappa shape index (κ3) is 5.56. The molecule has 170 valence electrons. The van der Waals surface area contributed by atoms with Crippen LogP contribution >= 0.6 is 0 Å². The summed E-state index contributed by atoms with van der Waals surface area (Å²) in [6, 6.07) is 17.9. The summed E-state index contributed by atoms with van der Waals surface area (Å²) < 4.78 is 5.53. The fourth-order valence-electron chi connectivity index (χ4n) is 4.75. The van der Waals surface area contributed by atoms with Gasteiger partial charge in [0.15, 0.2) is 0 Å². The van der Waals surface area contributed by atoms with Crippen molar-refractivity contribution in [3.8, 4) is 0 Å². The summed E-state index contributed by atoms with van der Waals surface area (Å²) in [7, 11) is 0. The van der Waals surface area contributed by atoms with Gasteiger partial charge >= 0.3 is 0 Å². The molecular weight excluding hydrogens is 402 g/mol. The van der Waals surface area contributed by atoms with Crippen molar-refractivity contribution in [2.24, 2.45) is 0 Å². The van der Waals surface area contributed by atoms with Crippen LogP contribution in [0.1, 0.15) is 35.6 Å². The molecule has 2 saturated heterocycles. The molecule has 4 rings (SSSR count). The van der Waals surface area contributed by atoms with E-state index in [1.807, 2.05) is 30.3 Å². The van der Waals surface area contributed by atoms with Crippen LogP contribution in [0.3, 0.4) is 0 Å². The summed E-state index contributed by atoms with van der Waals surface area (Å²) in [6.07, 6.45) is 1.92. The predicted octanol–water partition coefficient (Wildman–Crippen LogP) is 2.72. The molecule has 2 aliphatic heterocycles. The maximum absolute atomic E-state index is 13.1. The lowest BCUT2D eigenvalue weighted by Crippen LogP contribution is -2.49. The topological polar surface area (TPSA) is 61.9 Å². The van der Waals surface area contributed by atoms with Gasteiger partial charge in [-0.25, -0.2) is 0 Å². The van der Waals surface area contributed by atoms with Crippen LogP contribution in [-0.2, 0) is 20.7 Å². The lowest BCUT2D eigenvalue weighted by molar-refractivity contribution is -0.138. The average Bonchev–Trinajstić information content (AvgIpc) is 3.31. The number of nitrogens with one attached hydrogen (secondary N) is 1. The molecule has 2 heterocycles. The van der Waals surface area contributed by atoms with Gasteiger partial charge in [-0.1, -0.05) is 60.2 Å². The number of rotatable bonds is 7. The van der Waals surface area contributed by atoms with Crippen LogP contribution in [-0.4, -0.2) is 67.0 Å². The molecule has 0 saturated carbocycles. The van der Waals surface area contributed by atoms with Crippen LogP contribution in [0.2, 0.25) is 0 Å². The van der Waals surface area contributed by atoms with E-state index in [-0.39, 0.29) is 23.9 Å². The molecule has 0 radical (unpaired) electrons. The van der Waals surface area contributed by atoms with Crippen LogP contribution in [0, 0.1) is 6.92 Å². The van der Waals surface area contributed by atoms with Crippen molar-refractivity contribution >= 4 is 11.8 Å². The molecule has 0 bridgehead atoms. The third-order valence-corrected chi connectivity index (χ3v) is 6.46. The standard InChI is InChI=1S/C26H33N3O3/c1-20-7-5-10-22(17-20)24(28-13-15-32-16-14-28)19-27-26(31)23-11-6-12-29(23)25(30)18-21-8-3-2-4-9-21/h2-5,7-10,17,23-24H,6,11-16,18-19H2,1H3,(H,27,31). The molecule has 2 aliphatic rings. The number of hydrogen-bond acceptors (Lipinski definition) is 4. The zero-order chi connectivity index (χ0) is 22.3. The molecule has 1 N–H and O–H groups in total. The van der Waals surface area contributed by atoms with Crippen molar-refractivity contribution in [1.82, 2.24) is 15.1 Å². The minimum absolute atomic E-state index is 0.0252. The van der Waals surface area contributed by atoms with Gasteiger partial charge in [-0.2, -0.15) is 0 Å². The summed E-state index contributed by atoms with van der Waals surface area (Å²) in [6.45, 7) is 6.38. The second-order valence-electron chi connectivity index (χ2n) is 8.73. The Labute approximate surface area is 190 Å². The van der Waals surface area contributed by atoms with E-state index in [0.717, 1.165) is 31.5 Å². The Kier molecular flexibility index (Phi) is 7.55. The molecule has 2 atom stereocenters.